The third-order valence-corrected chi connectivity index (χ3v) is 15.9. The number of esters is 1. The van der Waals surface area contributed by atoms with Gasteiger partial charge in [0, 0.05) is 0 Å². The molecule has 0 bridgehead atoms. The molecule has 4 aliphatic carbocycles. The van der Waals surface area contributed by atoms with E-state index in [4.69, 9.17) is 18.9 Å². The van der Waals surface area contributed by atoms with Crippen molar-refractivity contribution >= 4 is 5.97 Å². The van der Waals surface area contributed by atoms with Gasteiger partial charge in [0.2, 0.25) is 0 Å². The number of unbranched alkanes of at least 4 members (excludes halogenated alkanes) is 6. The minimum absolute atomic E-state index is 0.0242. The molecule has 330 valence electrons. The Hall–Kier alpha value is -1.03. The summed E-state index contributed by atoms with van der Waals surface area (Å²) in [7, 11) is 0. The fourth-order valence-electron chi connectivity index (χ4n) is 12.8. The number of ether oxygens (including phenoxy) is 4. The highest BCUT2D eigenvalue weighted by Gasteiger charge is 2.59. The number of hydrogen-bond donors (Lipinski definition) is 3. The highest BCUT2D eigenvalue weighted by Crippen LogP contribution is 2.67. The number of cyclic esters (lactones) is 1. The van der Waals surface area contributed by atoms with E-state index in [1.807, 2.05) is 0 Å². The molecule has 57 heavy (non-hydrogen) atoms. The van der Waals surface area contributed by atoms with Crippen LogP contribution in [0, 0.1) is 52.3 Å². The van der Waals surface area contributed by atoms with Crippen molar-refractivity contribution in [1.29, 1.82) is 0 Å². The van der Waals surface area contributed by atoms with Crippen LogP contribution in [-0.4, -0.2) is 78.4 Å². The maximum absolute atomic E-state index is 11.9. The first-order valence-electron chi connectivity index (χ1n) is 24.0. The van der Waals surface area contributed by atoms with Crippen molar-refractivity contribution in [1.82, 2.24) is 0 Å². The second-order valence-electron chi connectivity index (χ2n) is 20.7. The summed E-state index contributed by atoms with van der Waals surface area (Å²) in [6.07, 6.45) is 25.7. The molecule has 3 saturated carbocycles. The number of aliphatic hydroxyl groups is 3. The zero-order chi connectivity index (χ0) is 41.0. The van der Waals surface area contributed by atoms with Gasteiger partial charge in [-0.1, -0.05) is 104 Å². The van der Waals surface area contributed by atoms with Gasteiger partial charge in [-0.3, -0.25) is 4.79 Å². The quantitative estimate of drug-likeness (QED) is 0.0343. The molecule has 1 aliphatic heterocycles. The molecule has 0 spiro atoms. The van der Waals surface area contributed by atoms with E-state index in [0.717, 1.165) is 106 Å². The van der Waals surface area contributed by atoms with E-state index in [1.54, 1.807) is 12.5 Å². The van der Waals surface area contributed by atoms with Gasteiger partial charge in [-0.25, -0.2) is 0 Å². The molecule has 8 nitrogen and oxygen atoms in total. The Morgan fingerprint density at radius 3 is 2.26 bits per heavy atom. The van der Waals surface area contributed by atoms with Crippen LogP contribution in [0.4, 0.5) is 0 Å². The predicted octanol–water partition coefficient (Wildman–Crippen LogP) is 10.3. The van der Waals surface area contributed by atoms with Crippen molar-refractivity contribution in [3.63, 3.8) is 0 Å². The summed E-state index contributed by atoms with van der Waals surface area (Å²) in [5, 5.41) is 30.6. The number of rotatable bonds is 26. The average Bonchev–Trinajstić information content (AvgIpc) is 3.69. The van der Waals surface area contributed by atoms with Crippen LogP contribution < -0.4 is 0 Å². The van der Waals surface area contributed by atoms with Crippen LogP contribution in [0.25, 0.3) is 0 Å². The van der Waals surface area contributed by atoms with Gasteiger partial charge < -0.3 is 34.3 Å². The lowest BCUT2D eigenvalue weighted by atomic mass is 9.47. The SMILES string of the molecule is CC(C)CCC[C@@H](C)[C@H]1CC[C@H]2[C@@H]3CC=C4C[C@@H](O[C@@H](O)COCCOC[C@@H](O)CCCCCCCCC[C@@H]5CC(CC(C)O)C(=O)O5)CC[C@]4(C)[C@H]3CC[C@]12C. The van der Waals surface area contributed by atoms with E-state index >= 15 is 0 Å². The largest absolute Gasteiger partial charge is 0.462 e. The number of allylic oxidation sites excluding steroid dienone is 1. The summed E-state index contributed by atoms with van der Waals surface area (Å²) >= 11 is 0. The summed E-state index contributed by atoms with van der Waals surface area (Å²) in [6.45, 7) is 15.5. The van der Waals surface area contributed by atoms with Gasteiger partial charge in [0.1, 0.15) is 6.10 Å². The molecule has 0 radical (unpaired) electrons. The molecule has 5 rings (SSSR count). The Balaban J connectivity index is 0.873. The summed E-state index contributed by atoms with van der Waals surface area (Å²) in [5.74, 6) is 4.77. The Kier molecular flexibility index (Phi) is 18.7. The monoisotopic (exact) mass is 803 g/mol. The minimum atomic E-state index is -0.934. The second kappa shape index (κ2) is 22.7. The van der Waals surface area contributed by atoms with Crippen LogP contribution in [0.5, 0.6) is 0 Å². The minimum Gasteiger partial charge on any atom is -0.462 e. The lowest BCUT2D eigenvalue weighted by molar-refractivity contribution is -0.177. The van der Waals surface area contributed by atoms with Gasteiger partial charge in [-0.2, -0.15) is 0 Å². The van der Waals surface area contributed by atoms with Gasteiger partial charge in [0.25, 0.3) is 0 Å². The van der Waals surface area contributed by atoms with Crippen molar-refractivity contribution in [2.45, 2.75) is 214 Å². The first kappa shape index (κ1) is 47.0. The lowest BCUT2D eigenvalue weighted by Crippen LogP contribution is -2.51. The van der Waals surface area contributed by atoms with E-state index in [0.29, 0.717) is 31.7 Å². The maximum atomic E-state index is 11.9. The third kappa shape index (κ3) is 13.2. The fourth-order valence-corrected chi connectivity index (χ4v) is 12.8. The summed E-state index contributed by atoms with van der Waals surface area (Å²) < 4.78 is 23.0. The summed E-state index contributed by atoms with van der Waals surface area (Å²) in [5.41, 5.74) is 2.38. The smallest absolute Gasteiger partial charge is 0.309 e. The van der Waals surface area contributed by atoms with Crippen molar-refractivity contribution in [3.8, 4) is 0 Å². The Morgan fingerprint density at radius 2 is 1.53 bits per heavy atom. The van der Waals surface area contributed by atoms with Crippen LogP contribution >= 0.6 is 0 Å². The van der Waals surface area contributed by atoms with Gasteiger partial charge in [-0.15, -0.1) is 0 Å². The molecule has 0 aromatic carbocycles. The molecule has 3 N–H and O–H groups in total. The first-order valence-corrected chi connectivity index (χ1v) is 24.0. The molecule has 2 unspecified atom stereocenters. The van der Waals surface area contributed by atoms with Crippen LogP contribution in [0.15, 0.2) is 11.6 Å². The summed E-state index contributed by atoms with van der Waals surface area (Å²) in [4.78, 5) is 11.9. The van der Waals surface area contributed by atoms with Crippen LogP contribution in [-0.2, 0) is 23.7 Å². The van der Waals surface area contributed by atoms with E-state index < -0.39 is 18.5 Å². The maximum Gasteiger partial charge on any atom is 0.309 e. The molecule has 1 saturated heterocycles. The van der Waals surface area contributed by atoms with Crippen molar-refractivity contribution in [2.75, 3.05) is 26.4 Å². The van der Waals surface area contributed by atoms with Crippen molar-refractivity contribution in [2.24, 2.45) is 52.3 Å². The molecular formula is C49H86O8. The molecule has 8 heteroatoms. The highest BCUT2D eigenvalue weighted by molar-refractivity contribution is 5.74. The normalized spacial score (nSPS) is 34.6. The topological polar surface area (TPSA) is 115 Å². The van der Waals surface area contributed by atoms with Crippen molar-refractivity contribution in [3.05, 3.63) is 11.6 Å². The van der Waals surface area contributed by atoms with Crippen molar-refractivity contribution < 1.29 is 39.1 Å². The van der Waals surface area contributed by atoms with Gasteiger partial charge in [-0.05, 0) is 137 Å². The molecular weight excluding hydrogens is 717 g/mol. The van der Waals surface area contributed by atoms with E-state index in [1.165, 1.54) is 64.2 Å². The molecule has 0 aromatic heterocycles. The van der Waals surface area contributed by atoms with Gasteiger partial charge in [0.15, 0.2) is 6.29 Å². The van der Waals surface area contributed by atoms with Gasteiger partial charge >= 0.3 is 5.97 Å². The lowest BCUT2D eigenvalue weighted by Gasteiger charge is -2.58. The Morgan fingerprint density at radius 1 is 0.807 bits per heavy atom. The number of hydrogen-bond acceptors (Lipinski definition) is 8. The molecule has 4 fully saturated rings. The molecule has 0 aromatic rings. The molecule has 1 heterocycles. The van der Waals surface area contributed by atoms with Crippen LogP contribution in [0.2, 0.25) is 0 Å². The predicted molar refractivity (Wildman–Crippen MR) is 227 cm³/mol. The standard InChI is InChI=1S/C49H86O8/c1-34(2)15-14-16-35(3)43-21-22-44-42-20-19-38-31-41(23-25-48(38,5)45(42)24-26-49(43,44)6)56-46(52)33-55-28-27-54-32-39(51)17-12-10-8-7-9-11-13-18-40-30-37(29-36(4)50)47(53)57-40/h19,34-37,39-46,50-52H,7-18,20-33H2,1-6H3/t35-,36?,37?,39+,40-,41+,42+,43-,44+,45+,46-,48+,49-/m1/s1. The Labute approximate surface area is 348 Å². The number of aliphatic hydroxyl groups excluding tert-OH is 3. The summed E-state index contributed by atoms with van der Waals surface area (Å²) in [6, 6.07) is 0. The zero-order valence-electron chi connectivity index (χ0n) is 37.3. The number of carbonyl (C=O) groups excluding carboxylic acids is 1. The zero-order valence-corrected chi connectivity index (χ0v) is 37.3. The Bertz CT molecular complexity index is 1220. The van der Waals surface area contributed by atoms with Crippen LogP contribution in [0.3, 0.4) is 0 Å². The number of carbonyl (C=O) groups is 1. The van der Waals surface area contributed by atoms with E-state index in [2.05, 4.69) is 40.7 Å². The van der Waals surface area contributed by atoms with Crippen LogP contribution in [0.1, 0.15) is 183 Å². The molecule has 0 amide bonds. The van der Waals surface area contributed by atoms with E-state index in [9.17, 15) is 20.1 Å². The second-order valence-corrected chi connectivity index (χ2v) is 20.7. The van der Waals surface area contributed by atoms with E-state index in [-0.39, 0.29) is 36.1 Å². The first-order chi connectivity index (χ1) is 27.3. The third-order valence-electron chi connectivity index (χ3n) is 15.9. The van der Waals surface area contributed by atoms with Gasteiger partial charge in [0.05, 0.1) is 50.7 Å². The molecule has 5 aliphatic rings. The fraction of sp³-hybridized carbons (Fsp3) is 0.939. The molecule has 13 atom stereocenters. The highest BCUT2D eigenvalue weighted by atomic mass is 16.6. The number of fused-ring (bicyclic) bond motifs is 5. The average molecular weight is 803 g/mol.